The van der Waals surface area contributed by atoms with Gasteiger partial charge in [-0.15, -0.1) is 0 Å². The van der Waals surface area contributed by atoms with E-state index in [2.05, 4.69) is 5.43 Å². The molecular formula is C15H15F3N2. The van der Waals surface area contributed by atoms with E-state index in [1.807, 2.05) is 0 Å². The summed E-state index contributed by atoms with van der Waals surface area (Å²) >= 11 is 0. The molecule has 0 heterocycles. The van der Waals surface area contributed by atoms with Gasteiger partial charge in [-0.1, -0.05) is 12.1 Å². The lowest BCUT2D eigenvalue weighted by Gasteiger charge is -2.17. The quantitative estimate of drug-likeness (QED) is 0.667. The van der Waals surface area contributed by atoms with Gasteiger partial charge in [0.25, 0.3) is 0 Å². The molecule has 106 valence electrons. The fourth-order valence-electron chi connectivity index (χ4n) is 2.14. The number of hydrogen-bond donors (Lipinski definition) is 2. The van der Waals surface area contributed by atoms with Gasteiger partial charge in [-0.2, -0.15) is 0 Å². The second kappa shape index (κ2) is 6.07. The van der Waals surface area contributed by atoms with Crippen molar-refractivity contribution in [2.24, 2.45) is 5.84 Å². The number of halogens is 3. The van der Waals surface area contributed by atoms with Gasteiger partial charge < -0.3 is 0 Å². The molecule has 0 aromatic heterocycles. The molecule has 0 amide bonds. The predicted octanol–water partition coefficient (Wildman–Crippen LogP) is 3.16. The number of hydrazine groups is 1. The van der Waals surface area contributed by atoms with E-state index in [1.54, 1.807) is 13.0 Å². The first-order chi connectivity index (χ1) is 9.49. The summed E-state index contributed by atoms with van der Waals surface area (Å²) in [6, 6.07) is 7.87. The van der Waals surface area contributed by atoms with E-state index >= 15 is 0 Å². The highest BCUT2D eigenvalue weighted by Gasteiger charge is 2.13. The van der Waals surface area contributed by atoms with E-state index < -0.39 is 11.6 Å². The van der Waals surface area contributed by atoms with Crippen LogP contribution in [0.5, 0.6) is 0 Å². The first-order valence-electron chi connectivity index (χ1n) is 6.16. The average Bonchev–Trinajstić information content (AvgIpc) is 2.38. The van der Waals surface area contributed by atoms with Crippen molar-refractivity contribution in [1.29, 1.82) is 0 Å². The van der Waals surface area contributed by atoms with Gasteiger partial charge in [-0.05, 0) is 54.3 Å². The Kier molecular flexibility index (Phi) is 4.42. The van der Waals surface area contributed by atoms with Crippen LogP contribution in [0.25, 0.3) is 0 Å². The molecule has 0 saturated carbocycles. The minimum Gasteiger partial charge on any atom is -0.271 e. The molecule has 0 aliphatic heterocycles. The summed E-state index contributed by atoms with van der Waals surface area (Å²) in [5, 5.41) is 0. The molecule has 0 spiro atoms. The highest BCUT2D eigenvalue weighted by Crippen LogP contribution is 2.21. The van der Waals surface area contributed by atoms with E-state index in [-0.39, 0.29) is 11.9 Å². The third kappa shape index (κ3) is 3.37. The zero-order valence-electron chi connectivity index (χ0n) is 11.0. The molecule has 2 rings (SSSR count). The number of nitrogens with one attached hydrogen (secondary N) is 1. The maximum atomic E-state index is 13.4. The molecule has 2 nitrogen and oxygen atoms in total. The Hall–Kier alpha value is -1.85. The van der Waals surface area contributed by atoms with Crippen molar-refractivity contribution in [1.82, 2.24) is 5.43 Å². The Morgan fingerprint density at radius 3 is 2.40 bits per heavy atom. The van der Waals surface area contributed by atoms with Crippen LogP contribution in [-0.4, -0.2) is 0 Å². The summed E-state index contributed by atoms with van der Waals surface area (Å²) in [4.78, 5) is 0. The second-order valence-corrected chi connectivity index (χ2v) is 4.73. The van der Waals surface area contributed by atoms with Crippen LogP contribution in [0.2, 0.25) is 0 Å². The van der Waals surface area contributed by atoms with E-state index in [9.17, 15) is 13.2 Å². The van der Waals surface area contributed by atoms with Gasteiger partial charge in [0.1, 0.15) is 5.82 Å². The van der Waals surface area contributed by atoms with E-state index in [1.165, 1.54) is 18.2 Å². The number of rotatable bonds is 4. The molecule has 20 heavy (non-hydrogen) atoms. The summed E-state index contributed by atoms with van der Waals surface area (Å²) < 4.78 is 39.5. The van der Waals surface area contributed by atoms with E-state index in [4.69, 9.17) is 5.84 Å². The number of benzene rings is 2. The lowest BCUT2D eigenvalue weighted by Crippen LogP contribution is -2.29. The minimum absolute atomic E-state index is 0.330. The number of hydrogen-bond acceptors (Lipinski definition) is 2. The molecule has 0 fully saturated rings. The third-order valence-corrected chi connectivity index (χ3v) is 3.09. The van der Waals surface area contributed by atoms with Gasteiger partial charge in [-0.3, -0.25) is 11.3 Å². The zero-order valence-corrected chi connectivity index (χ0v) is 11.0. The van der Waals surface area contributed by atoms with Gasteiger partial charge in [0.05, 0.1) is 6.04 Å². The van der Waals surface area contributed by atoms with Crippen molar-refractivity contribution in [2.45, 2.75) is 19.4 Å². The highest BCUT2D eigenvalue weighted by atomic mass is 19.2. The van der Waals surface area contributed by atoms with E-state index in [0.29, 0.717) is 17.5 Å². The lowest BCUT2D eigenvalue weighted by atomic mass is 9.98. The predicted molar refractivity (Wildman–Crippen MR) is 71.3 cm³/mol. The molecule has 0 aliphatic rings. The van der Waals surface area contributed by atoms with Crippen molar-refractivity contribution in [3.05, 3.63) is 70.5 Å². The molecule has 0 saturated heterocycles. The molecule has 0 aliphatic carbocycles. The normalized spacial score (nSPS) is 12.4. The van der Waals surface area contributed by atoms with Crippen molar-refractivity contribution >= 4 is 0 Å². The molecule has 3 N–H and O–H groups in total. The largest absolute Gasteiger partial charge is 0.271 e. The fourth-order valence-corrected chi connectivity index (χ4v) is 2.14. The smallest absolute Gasteiger partial charge is 0.159 e. The van der Waals surface area contributed by atoms with Crippen molar-refractivity contribution in [3.63, 3.8) is 0 Å². The lowest BCUT2D eigenvalue weighted by molar-refractivity contribution is 0.502. The highest BCUT2D eigenvalue weighted by molar-refractivity contribution is 5.28. The third-order valence-electron chi connectivity index (χ3n) is 3.09. The first-order valence-corrected chi connectivity index (χ1v) is 6.16. The Morgan fingerprint density at radius 1 is 1.05 bits per heavy atom. The maximum absolute atomic E-state index is 13.4. The van der Waals surface area contributed by atoms with Gasteiger partial charge >= 0.3 is 0 Å². The Balaban J connectivity index is 2.26. The number of aryl methyl sites for hydroxylation is 1. The van der Waals surface area contributed by atoms with Crippen LogP contribution in [0.4, 0.5) is 13.2 Å². The Bertz CT molecular complexity index is 594. The molecule has 5 heteroatoms. The monoisotopic (exact) mass is 280 g/mol. The summed E-state index contributed by atoms with van der Waals surface area (Å²) in [5.41, 5.74) is 4.58. The van der Waals surface area contributed by atoms with Gasteiger partial charge in [-0.25, -0.2) is 13.2 Å². The van der Waals surface area contributed by atoms with Gasteiger partial charge in [0, 0.05) is 0 Å². The topological polar surface area (TPSA) is 38.0 Å². The van der Waals surface area contributed by atoms with Crippen LogP contribution in [0.15, 0.2) is 36.4 Å². The van der Waals surface area contributed by atoms with Crippen LogP contribution in [0, 0.1) is 24.4 Å². The van der Waals surface area contributed by atoms with Crippen molar-refractivity contribution in [3.8, 4) is 0 Å². The van der Waals surface area contributed by atoms with Crippen molar-refractivity contribution in [2.75, 3.05) is 0 Å². The Morgan fingerprint density at radius 2 is 1.80 bits per heavy atom. The van der Waals surface area contributed by atoms with E-state index in [0.717, 1.165) is 17.7 Å². The second-order valence-electron chi connectivity index (χ2n) is 4.73. The van der Waals surface area contributed by atoms with Gasteiger partial charge in [0.15, 0.2) is 11.6 Å². The zero-order chi connectivity index (χ0) is 14.7. The van der Waals surface area contributed by atoms with Crippen LogP contribution >= 0.6 is 0 Å². The van der Waals surface area contributed by atoms with Crippen LogP contribution in [-0.2, 0) is 6.42 Å². The molecule has 2 aromatic rings. The summed E-state index contributed by atoms with van der Waals surface area (Å²) in [7, 11) is 0. The standard InChI is InChI=1S/C15H15F3N2/c1-9-4-11(8-12(16)5-9)15(20-19)7-10-2-3-13(17)14(18)6-10/h2-6,8,15,20H,7,19H2,1H3. The summed E-state index contributed by atoms with van der Waals surface area (Å²) in [6.45, 7) is 1.78. The van der Waals surface area contributed by atoms with Gasteiger partial charge in [0.2, 0.25) is 0 Å². The van der Waals surface area contributed by atoms with Crippen LogP contribution < -0.4 is 11.3 Å². The minimum atomic E-state index is -0.909. The maximum Gasteiger partial charge on any atom is 0.159 e. The molecule has 0 radical (unpaired) electrons. The summed E-state index contributed by atoms with van der Waals surface area (Å²) in [6.07, 6.45) is 0.330. The van der Waals surface area contributed by atoms with Crippen LogP contribution in [0.3, 0.4) is 0 Å². The average molecular weight is 280 g/mol. The molecule has 1 atom stereocenters. The van der Waals surface area contributed by atoms with Crippen LogP contribution in [0.1, 0.15) is 22.7 Å². The molecule has 2 aromatic carbocycles. The fraction of sp³-hybridized carbons (Fsp3) is 0.200. The number of nitrogens with two attached hydrogens (primary N) is 1. The van der Waals surface area contributed by atoms with Crippen molar-refractivity contribution < 1.29 is 13.2 Å². The molecule has 1 unspecified atom stereocenters. The first kappa shape index (κ1) is 14.6. The Labute approximate surface area is 115 Å². The SMILES string of the molecule is Cc1cc(F)cc(C(Cc2ccc(F)c(F)c2)NN)c1. The molecular weight excluding hydrogens is 265 g/mol. The summed E-state index contributed by atoms with van der Waals surface area (Å²) in [5.74, 6) is 3.32. The molecule has 0 bridgehead atoms.